The van der Waals surface area contributed by atoms with Crippen LogP contribution >= 0.6 is 0 Å². The van der Waals surface area contributed by atoms with E-state index in [1.807, 2.05) is 13.8 Å². The zero-order chi connectivity index (χ0) is 11.8. The van der Waals surface area contributed by atoms with Gasteiger partial charge in [-0.1, -0.05) is 13.8 Å². The minimum atomic E-state index is 1.04. The first kappa shape index (κ1) is 13.8. The molecule has 0 aliphatic rings. The molecule has 2 heteroatoms. The van der Waals surface area contributed by atoms with Crippen LogP contribution in [-0.4, -0.2) is 27.7 Å². The van der Waals surface area contributed by atoms with Gasteiger partial charge in [-0.3, -0.25) is 0 Å². The van der Waals surface area contributed by atoms with Crippen LogP contribution in [0.4, 0.5) is 11.4 Å². The second-order valence-corrected chi connectivity index (χ2v) is 3.43. The van der Waals surface area contributed by atoms with E-state index in [2.05, 4.69) is 62.1 Å². The number of anilines is 2. The highest BCUT2D eigenvalue weighted by Crippen LogP contribution is 2.17. The first-order valence-corrected chi connectivity index (χ1v) is 5.63. The van der Waals surface area contributed by atoms with Gasteiger partial charge in [0.05, 0.1) is 0 Å². The lowest BCUT2D eigenvalue weighted by molar-refractivity contribution is 0.967. The quantitative estimate of drug-likeness (QED) is 0.752. The Morgan fingerprint density at radius 2 is 1.27 bits per heavy atom. The van der Waals surface area contributed by atoms with Crippen molar-refractivity contribution < 1.29 is 0 Å². The summed E-state index contributed by atoms with van der Waals surface area (Å²) in [5.41, 5.74) is 2.52. The summed E-state index contributed by atoms with van der Waals surface area (Å²) in [6.07, 6.45) is 0. The number of hydrogen-bond acceptors (Lipinski definition) is 2. The second kappa shape index (κ2) is 7.16. The van der Waals surface area contributed by atoms with E-state index in [4.69, 9.17) is 0 Å². The Balaban J connectivity index is 0.000000921. The van der Waals surface area contributed by atoms with Crippen LogP contribution in [-0.2, 0) is 0 Å². The molecule has 0 saturated heterocycles. The predicted octanol–water partition coefficient (Wildman–Crippen LogP) is 3.23. The van der Waals surface area contributed by atoms with Gasteiger partial charge in [0.15, 0.2) is 0 Å². The van der Waals surface area contributed by atoms with Crippen LogP contribution in [0.3, 0.4) is 0 Å². The molecule has 0 atom stereocenters. The molecule has 0 aliphatic carbocycles. The van der Waals surface area contributed by atoms with Gasteiger partial charge in [-0.05, 0) is 31.2 Å². The Morgan fingerprint density at radius 1 is 0.867 bits per heavy atom. The van der Waals surface area contributed by atoms with Crippen LogP contribution in [0, 0.1) is 0 Å². The first-order valence-electron chi connectivity index (χ1n) is 5.63. The number of rotatable bonds is 3. The molecule has 0 fully saturated rings. The molecule has 0 aromatic heterocycles. The van der Waals surface area contributed by atoms with Crippen LogP contribution < -0.4 is 9.80 Å². The van der Waals surface area contributed by atoms with E-state index in [0.717, 1.165) is 6.54 Å². The van der Waals surface area contributed by atoms with E-state index >= 15 is 0 Å². The molecule has 86 valence electrons. The lowest BCUT2D eigenvalue weighted by Gasteiger charge is -2.18. The fourth-order valence-corrected chi connectivity index (χ4v) is 1.19. The summed E-state index contributed by atoms with van der Waals surface area (Å²) >= 11 is 0. The monoisotopic (exact) mass is 208 g/mol. The smallest absolute Gasteiger partial charge is 0.0365 e. The third kappa shape index (κ3) is 4.24. The third-order valence-electron chi connectivity index (χ3n) is 2.28. The standard InChI is InChI=1S/C11H18N2.C2H6/c1-5-13(4)11-8-6-10(7-9-11)12(2)3;1-2/h6-9H,5H2,1-4H3;1-2H3. The normalized spacial score (nSPS) is 8.93. The zero-order valence-electron chi connectivity index (χ0n) is 10.9. The summed E-state index contributed by atoms with van der Waals surface area (Å²) in [5.74, 6) is 0. The minimum Gasteiger partial charge on any atom is -0.378 e. The maximum Gasteiger partial charge on any atom is 0.0365 e. The topological polar surface area (TPSA) is 6.48 Å². The van der Waals surface area contributed by atoms with Crippen molar-refractivity contribution in [3.8, 4) is 0 Å². The third-order valence-corrected chi connectivity index (χ3v) is 2.28. The molecular weight excluding hydrogens is 184 g/mol. The van der Waals surface area contributed by atoms with E-state index in [9.17, 15) is 0 Å². The van der Waals surface area contributed by atoms with Gasteiger partial charge in [0, 0.05) is 39.1 Å². The van der Waals surface area contributed by atoms with E-state index in [-0.39, 0.29) is 0 Å². The second-order valence-electron chi connectivity index (χ2n) is 3.43. The van der Waals surface area contributed by atoms with Crippen molar-refractivity contribution in [1.29, 1.82) is 0 Å². The fourth-order valence-electron chi connectivity index (χ4n) is 1.19. The summed E-state index contributed by atoms with van der Waals surface area (Å²) < 4.78 is 0. The molecule has 0 bridgehead atoms. The molecule has 1 rings (SSSR count). The van der Waals surface area contributed by atoms with Crippen molar-refractivity contribution in [2.45, 2.75) is 20.8 Å². The molecule has 1 aromatic carbocycles. The Hall–Kier alpha value is -1.18. The molecule has 0 heterocycles. The Morgan fingerprint density at radius 3 is 1.60 bits per heavy atom. The van der Waals surface area contributed by atoms with Crippen molar-refractivity contribution >= 4 is 11.4 Å². The SMILES string of the molecule is CC.CCN(C)c1ccc(N(C)C)cc1. The van der Waals surface area contributed by atoms with E-state index in [1.54, 1.807) is 0 Å². The summed E-state index contributed by atoms with van der Waals surface area (Å²) in [5, 5.41) is 0. The van der Waals surface area contributed by atoms with E-state index in [1.165, 1.54) is 11.4 Å². The number of benzene rings is 1. The number of hydrogen-bond donors (Lipinski definition) is 0. The van der Waals surface area contributed by atoms with Gasteiger partial charge in [-0.15, -0.1) is 0 Å². The van der Waals surface area contributed by atoms with Crippen LogP contribution in [0.25, 0.3) is 0 Å². The molecule has 0 aliphatic heterocycles. The lowest BCUT2D eigenvalue weighted by atomic mass is 10.2. The average Bonchev–Trinajstić information content (AvgIpc) is 2.31. The van der Waals surface area contributed by atoms with E-state index < -0.39 is 0 Å². The van der Waals surface area contributed by atoms with Crippen LogP contribution in [0.2, 0.25) is 0 Å². The van der Waals surface area contributed by atoms with Gasteiger partial charge >= 0.3 is 0 Å². The van der Waals surface area contributed by atoms with Gasteiger partial charge in [0.2, 0.25) is 0 Å². The molecule has 1 aromatic rings. The van der Waals surface area contributed by atoms with Crippen molar-refractivity contribution in [2.24, 2.45) is 0 Å². The fraction of sp³-hybridized carbons (Fsp3) is 0.538. The molecular formula is C13H24N2. The zero-order valence-corrected chi connectivity index (χ0v) is 10.9. The molecule has 0 amide bonds. The largest absolute Gasteiger partial charge is 0.378 e. The average molecular weight is 208 g/mol. The molecule has 0 unspecified atom stereocenters. The van der Waals surface area contributed by atoms with Crippen molar-refractivity contribution in [3.63, 3.8) is 0 Å². The van der Waals surface area contributed by atoms with E-state index in [0.29, 0.717) is 0 Å². The van der Waals surface area contributed by atoms with Crippen LogP contribution in [0.1, 0.15) is 20.8 Å². The molecule has 0 spiro atoms. The summed E-state index contributed by atoms with van der Waals surface area (Å²) in [4.78, 5) is 4.33. The molecule has 0 N–H and O–H groups in total. The highest BCUT2D eigenvalue weighted by molar-refractivity contribution is 5.55. The minimum absolute atomic E-state index is 1.04. The van der Waals surface area contributed by atoms with Crippen LogP contribution in [0.15, 0.2) is 24.3 Å². The highest BCUT2D eigenvalue weighted by atomic mass is 15.1. The van der Waals surface area contributed by atoms with Crippen molar-refractivity contribution in [2.75, 3.05) is 37.5 Å². The Kier molecular flexibility index (Phi) is 6.59. The highest BCUT2D eigenvalue weighted by Gasteiger charge is 1.98. The Bertz CT molecular complexity index is 252. The molecule has 2 nitrogen and oxygen atoms in total. The molecule has 15 heavy (non-hydrogen) atoms. The summed E-state index contributed by atoms with van der Waals surface area (Å²) in [6.45, 7) is 7.20. The summed E-state index contributed by atoms with van der Waals surface area (Å²) in [7, 11) is 6.21. The maximum absolute atomic E-state index is 2.22. The van der Waals surface area contributed by atoms with Gasteiger partial charge in [-0.25, -0.2) is 0 Å². The molecule has 0 saturated carbocycles. The van der Waals surface area contributed by atoms with Crippen LogP contribution in [0.5, 0.6) is 0 Å². The summed E-state index contributed by atoms with van der Waals surface area (Å²) in [6, 6.07) is 8.58. The number of nitrogens with zero attached hydrogens (tertiary/aromatic N) is 2. The lowest BCUT2D eigenvalue weighted by Crippen LogP contribution is -2.16. The predicted molar refractivity (Wildman–Crippen MR) is 71.1 cm³/mol. The first-order chi connectivity index (χ1) is 7.15. The van der Waals surface area contributed by atoms with Gasteiger partial charge in [0.1, 0.15) is 0 Å². The van der Waals surface area contributed by atoms with Crippen molar-refractivity contribution in [1.82, 2.24) is 0 Å². The van der Waals surface area contributed by atoms with Crippen molar-refractivity contribution in [3.05, 3.63) is 24.3 Å². The van der Waals surface area contributed by atoms with Gasteiger partial charge in [0.25, 0.3) is 0 Å². The Labute approximate surface area is 94.5 Å². The van der Waals surface area contributed by atoms with Gasteiger partial charge < -0.3 is 9.80 Å². The van der Waals surface area contributed by atoms with Gasteiger partial charge in [-0.2, -0.15) is 0 Å². The molecule has 0 radical (unpaired) electrons. The maximum atomic E-state index is 2.22.